The van der Waals surface area contributed by atoms with E-state index in [2.05, 4.69) is 0 Å². The van der Waals surface area contributed by atoms with Crippen molar-refractivity contribution in [3.8, 4) is 0 Å². The molecule has 3 rings (SSSR count). The van der Waals surface area contributed by atoms with Crippen LogP contribution in [0.2, 0.25) is 0 Å². The summed E-state index contributed by atoms with van der Waals surface area (Å²) in [5.41, 5.74) is 6.27. The van der Waals surface area contributed by atoms with Gasteiger partial charge >= 0.3 is 0 Å². The maximum Gasteiger partial charge on any atom is 0.105 e. The molecular formula is C13H19NO. The first-order valence-electron chi connectivity index (χ1n) is 6.14. The van der Waals surface area contributed by atoms with Crippen molar-refractivity contribution in [2.45, 2.75) is 38.1 Å². The number of fused-ring (bicyclic) bond motifs is 1. The molecular weight excluding hydrogens is 186 g/mol. The molecule has 2 N–H and O–H groups in total. The maximum absolute atomic E-state index is 6.27. The van der Waals surface area contributed by atoms with Crippen LogP contribution in [-0.2, 0) is 6.42 Å². The molecule has 1 aromatic heterocycles. The molecule has 0 saturated heterocycles. The van der Waals surface area contributed by atoms with E-state index in [9.17, 15) is 0 Å². The van der Waals surface area contributed by atoms with Crippen molar-refractivity contribution in [1.82, 2.24) is 0 Å². The van der Waals surface area contributed by atoms with Crippen LogP contribution >= 0.6 is 0 Å². The van der Waals surface area contributed by atoms with Crippen LogP contribution in [0, 0.1) is 17.8 Å². The van der Waals surface area contributed by atoms with E-state index in [0.717, 1.165) is 29.9 Å². The predicted octanol–water partition coefficient (Wildman–Crippen LogP) is 2.59. The molecule has 0 radical (unpaired) electrons. The molecule has 2 aliphatic carbocycles. The largest absolute Gasteiger partial charge is 0.469 e. The lowest BCUT2D eigenvalue weighted by Crippen LogP contribution is -2.26. The number of nitrogens with two attached hydrogens (primary N) is 1. The summed E-state index contributed by atoms with van der Waals surface area (Å²) in [6, 6.07) is 4.30. The lowest BCUT2D eigenvalue weighted by Gasteiger charge is -2.08. The Hall–Kier alpha value is -0.760. The number of furan rings is 1. The Morgan fingerprint density at radius 3 is 2.67 bits per heavy atom. The van der Waals surface area contributed by atoms with Gasteiger partial charge in [0.05, 0.1) is 6.26 Å². The molecule has 0 aromatic carbocycles. The van der Waals surface area contributed by atoms with Gasteiger partial charge in [-0.3, -0.25) is 0 Å². The molecule has 3 unspecified atom stereocenters. The summed E-state index contributed by atoms with van der Waals surface area (Å²) in [6.45, 7) is 0. The lowest BCUT2D eigenvalue weighted by molar-refractivity contribution is 0.451. The van der Waals surface area contributed by atoms with Crippen LogP contribution in [0.3, 0.4) is 0 Å². The fourth-order valence-electron chi connectivity index (χ4n) is 3.48. The van der Waals surface area contributed by atoms with Crippen LogP contribution in [0.4, 0.5) is 0 Å². The summed E-state index contributed by atoms with van der Waals surface area (Å²) in [5.74, 6) is 3.73. The molecule has 0 bridgehead atoms. The minimum Gasteiger partial charge on any atom is -0.469 e. The molecule has 0 spiro atoms. The molecule has 1 aromatic rings. The van der Waals surface area contributed by atoms with Crippen molar-refractivity contribution in [3.05, 3.63) is 24.2 Å². The Kier molecular flexibility index (Phi) is 2.32. The zero-order valence-electron chi connectivity index (χ0n) is 9.06. The van der Waals surface area contributed by atoms with Gasteiger partial charge in [0.1, 0.15) is 5.76 Å². The Balaban J connectivity index is 1.59. The van der Waals surface area contributed by atoms with Gasteiger partial charge in [-0.1, -0.05) is 12.8 Å². The highest BCUT2D eigenvalue weighted by atomic mass is 16.3. The molecule has 82 valence electrons. The van der Waals surface area contributed by atoms with Crippen LogP contribution in [0.15, 0.2) is 22.8 Å². The van der Waals surface area contributed by atoms with Gasteiger partial charge in [-0.15, -0.1) is 0 Å². The topological polar surface area (TPSA) is 39.2 Å². The Labute approximate surface area is 90.8 Å². The lowest BCUT2D eigenvalue weighted by atomic mass is 10.0. The van der Waals surface area contributed by atoms with E-state index in [1.807, 2.05) is 12.1 Å². The Bertz CT molecular complexity index is 307. The normalized spacial score (nSPS) is 35.9. The van der Waals surface area contributed by atoms with Crippen molar-refractivity contribution < 1.29 is 4.42 Å². The van der Waals surface area contributed by atoms with Gasteiger partial charge in [0.2, 0.25) is 0 Å². The highest BCUT2D eigenvalue weighted by Crippen LogP contribution is 2.56. The van der Waals surface area contributed by atoms with Gasteiger partial charge in [-0.05, 0) is 42.7 Å². The number of rotatable bonds is 3. The maximum atomic E-state index is 6.27. The van der Waals surface area contributed by atoms with Crippen molar-refractivity contribution in [3.63, 3.8) is 0 Å². The molecule has 0 amide bonds. The Morgan fingerprint density at radius 2 is 2.07 bits per heavy atom. The first-order chi connectivity index (χ1) is 7.36. The summed E-state index contributed by atoms with van der Waals surface area (Å²) in [6.07, 6.45) is 8.34. The van der Waals surface area contributed by atoms with Crippen LogP contribution in [0.5, 0.6) is 0 Å². The highest BCUT2D eigenvalue weighted by molar-refractivity contribution is 5.08. The van der Waals surface area contributed by atoms with E-state index in [1.54, 1.807) is 6.26 Å². The van der Waals surface area contributed by atoms with Crippen LogP contribution < -0.4 is 5.73 Å². The van der Waals surface area contributed by atoms with Crippen LogP contribution in [-0.4, -0.2) is 6.04 Å². The molecule has 2 heteroatoms. The van der Waals surface area contributed by atoms with E-state index in [4.69, 9.17) is 10.2 Å². The summed E-state index contributed by atoms with van der Waals surface area (Å²) >= 11 is 0. The van der Waals surface area contributed by atoms with E-state index in [1.165, 1.54) is 25.7 Å². The Morgan fingerprint density at radius 1 is 1.33 bits per heavy atom. The molecule has 2 saturated carbocycles. The quantitative estimate of drug-likeness (QED) is 0.823. The van der Waals surface area contributed by atoms with Gasteiger partial charge in [0.15, 0.2) is 0 Å². The SMILES string of the molecule is NC(Cc1ccco1)C1C2CCCCC21. The van der Waals surface area contributed by atoms with E-state index < -0.39 is 0 Å². The van der Waals surface area contributed by atoms with Gasteiger partial charge < -0.3 is 10.2 Å². The fraction of sp³-hybridized carbons (Fsp3) is 0.692. The van der Waals surface area contributed by atoms with Crippen molar-refractivity contribution in [2.75, 3.05) is 0 Å². The second-order valence-corrected chi connectivity index (χ2v) is 5.14. The van der Waals surface area contributed by atoms with E-state index in [-0.39, 0.29) is 0 Å². The summed E-state index contributed by atoms with van der Waals surface area (Å²) in [7, 11) is 0. The van der Waals surface area contributed by atoms with Gasteiger partial charge in [0.25, 0.3) is 0 Å². The minimum atomic E-state index is 0.323. The summed E-state index contributed by atoms with van der Waals surface area (Å²) in [5, 5.41) is 0. The van der Waals surface area contributed by atoms with Crippen molar-refractivity contribution >= 4 is 0 Å². The van der Waals surface area contributed by atoms with Crippen molar-refractivity contribution in [1.29, 1.82) is 0 Å². The molecule has 0 aliphatic heterocycles. The summed E-state index contributed by atoms with van der Waals surface area (Å²) in [4.78, 5) is 0. The smallest absolute Gasteiger partial charge is 0.105 e. The molecule has 15 heavy (non-hydrogen) atoms. The first-order valence-corrected chi connectivity index (χ1v) is 6.14. The van der Waals surface area contributed by atoms with Crippen molar-refractivity contribution in [2.24, 2.45) is 23.5 Å². The monoisotopic (exact) mass is 205 g/mol. The number of hydrogen-bond acceptors (Lipinski definition) is 2. The minimum absolute atomic E-state index is 0.323. The molecule has 2 aliphatic rings. The van der Waals surface area contributed by atoms with E-state index >= 15 is 0 Å². The van der Waals surface area contributed by atoms with E-state index in [0.29, 0.717) is 6.04 Å². The molecule has 2 fully saturated rings. The fourth-order valence-corrected chi connectivity index (χ4v) is 3.48. The summed E-state index contributed by atoms with van der Waals surface area (Å²) < 4.78 is 5.36. The zero-order valence-corrected chi connectivity index (χ0v) is 9.06. The van der Waals surface area contributed by atoms with Crippen LogP contribution in [0.1, 0.15) is 31.4 Å². The third-order valence-corrected chi connectivity index (χ3v) is 4.23. The first kappa shape index (κ1) is 9.46. The molecule has 1 heterocycles. The molecule has 2 nitrogen and oxygen atoms in total. The van der Waals surface area contributed by atoms with Gasteiger partial charge in [0, 0.05) is 12.5 Å². The van der Waals surface area contributed by atoms with Crippen LogP contribution in [0.25, 0.3) is 0 Å². The van der Waals surface area contributed by atoms with Gasteiger partial charge in [-0.25, -0.2) is 0 Å². The standard InChI is InChI=1S/C13H19NO/c14-12(8-9-4-3-7-15-9)13-10-5-1-2-6-11(10)13/h3-4,7,10-13H,1-2,5-6,8,14H2. The average molecular weight is 205 g/mol. The number of hydrogen-bond donors (Lipinski definition) is 1. The zero-order chi connectivity index (χ0) is 10.3. The highest BCUT2D eigenvalue weighted by Gasteiger charge is 2.52. The second-order valence-electron chi connectivity index (χ2n) is 5.14. The third-order valence-electron chi connectivity index (χ3n) is 4.23. The van der Waals surface area contributed by atoms with Gasteiger partial charge in [-0.2, -0.15) is 0 Å². The third kappa shape index (κ3) is 1.71. The predicted molar refractivity (Wildman–Crippen MR) is 59.3 cm³/mol. The molecule has 3 atom stereocenters. The average Bonchev–Trinajstić information content (AvgIpc) is 2.77. The second kappa shape index (κ2) is 3.67.